The summed E-state index contributed by atoms with van der Waals surface area (Å²) in [5, 5.41) is 0. The summed E-state index contributed by atoms with van der Waals surface area (Å²) in [5.41, 5.74) is 3.40. The third-order valence-corrected chi connectivity index (χ3v) is 4.23. The van der Waals surface area contributed by atoms with Crippen LogP contribution >= 0.6 is 0 Å². The molecule has 0 amide bonds. The fourth-order valence-corrected chi connectivity index (χ4v) is 2.94. The van der Waals surface area contributed by atoms with Gasteiger partial charge in [-0.3, -0.25) is 4.99 Å². The molecule has 0 fully saturated rings. The van der Waals surface area contributed by atoms with Gasteiger partial charge in [0, 0.05) is 13.3 Å². The maximum absolute atomic E-state index is 5.83. The molecular formula is C24H23NO. The van der Waals surface area contributed by atoms with Gasteiger partial charge < -0.3 is 4.74 Å². The first-order valence-electron chi connectivity index (χ1n) is 8.76. The zero-order valence-corrected chi connectivity index (χ0v) is 14.9. The minimum atomic E-state index is -0.139. The molecule has 0 aromatic heterocycles. The molecule has 3 aromatic carbocycles. The van der Waals surface area contributed by atoms with E-state index in [-0.39, 0.29) is 12.1 Å². The molecule has 0 unspecified atom stereocenters. The smallest absolute Gasteiger partial charge is 0.109 e. The van der Waals surface area contributed by atoms with E-state index >= 15 is 0 Å². The van der Waals surface area contributed by atoms with Gasteiger partial charge in [-0.25, -0.2) is 0 Å². The van der Waals surface area contributed by atoms with Crippen LogP contribution < -0.4 is 0 Å². The zero-order valence-electron chi connectivity index (χ0n) is 14.9. The Bertz CT molecular complexity index is 826. The van der Waals surface area contributed by atoms with Crippen molar-refractivity contribution in [3.8, 4) is 0 Å². The maximum Gasteiger partial charge on any atom is 0.109 e. The minimum absolute atomic E-state index is 0.107. The Morgan fingerprint density at radius 3 is 1.85 bits per heavy atom. The van der Waals surface area contributed by atoms with Crippen molar-refractivity contribution in [2.24, 2.45) is 4.99 Å². The molecule has 26 heavy (non-hydrogen) atoms. The summed E-state index contributed by atoms with van der Waals surface area (Å²) in [4.78, 5) is 4.82. The first-order chi connectivity index (χ1) is 12.9. The highest BCUT2D eigenvalue weighted by Gasteiger charge is 2.23. The number of benzene rings is 3. The molecule has 0 N–H and O–H groups in total. The predicted octanol–water partition coefficient (Wildman–Crippen LogP) is 5.90. The quantitative estimate of drug-likeness (QED) is 0.490. The molecule has 0 saturated heterocycles. The monoisotopic (exact) mass is 341 g/mol. The summed E-state index contributed by atoms with van der Waals surface area (Å²) in [7, 11) is 1.74. The molecule has 0 heterocycles. The van der Waals surface area contributed by atoms with Gasteiger partial charge in [0.25, 0.3) is 0 Å². The Labute approximate surface area is 155 Å². The van der Waals surface area contributed by atoms with Crippen LogP contribution in [0.1, 0.15) is 28.8 Å². The van der Waals surface area contributed by atoms with Crippen molar-refractivity contribution in [3.63, 3.8) is 0 Å². The van der Waals surface area contributed by atoms with Gasteiger partial charge in [0.05, 0.1) is 0 Å². The molecule has 2 atom stereocenters. The van der Waals surface area contributed by atoms with Crippen LogP contribution in [-0.4, -0.2) is 13.3 Å². The van der Waals surface area contributed by atoms with Gasteiger partial charge in [-0.05, 0) is 22.8 Å². The standard InChI is InChI=1S/C24H23NO/c1-26-24(22-17-9-4-10-18-22)23(21-15-7-3-8-16-21)25-19-11-14-20-12-5-2-6-13-20/h2-19,23-24H,1H3/b14-11+,25-19?/t23-,24+/m0/s1. The third kappa shape index (κ3) is 4.78. The van der Waals surface area contributed by atoms with E-state index in [1.807, 2.05) is 66.9 Å². The van der Waals surface area contributed by atoms with E-state index < -0.39 is 0 Å². The molecule has 0 spiro atoms. The second-order valence-electron chi connectivity index (χ2n) is 5.99. The third-order valence-electron chi connectivity index (χ3n) is 4.23. The lowest BCUT2D eigenvalue weighted by Crippen LogP contribution is -2.12. The van der Waals surface area contributed by atoms with Gasteiger partial charge in [0.1, 0.15) is 12.1 Å². The first-order valence-corrected chi connectivity index (χ1v) is 8.76. The number of nitrogens with zero attached hydrogens (tertiary/aromatic N) is 1. The van der Waals surface area contributed by atoms with Crippen LogP contribution in [0.5, 0.6) is 0 Å². The van der Waals surface area contributed by atoms with Crippen molar-refractivity contribution in [2.75, 3.05) is 7.11 Å². The van der Waals surface area contributed by atoms with E-state index in [0.29, 0.717) is 0 Å². The van der Waals surface area contributed by atoms with Gasteiger partial charge in [-0.15, -0.1) is 0 Å². The molecule has 0 radical (unpaired) electrons. The maximum atomic E-state index is 5.83. The molecule has 2 heteroatoms. The van der Waals surface area contributed by atoms with E-state index in [2.05, 4.69) is 42.5 Å². The van der Waals surface area contributed by atoms with E-state index in [4.69, 9.17) is 9.73 Å². The molecule has 0 bridgehead atoms. The normalized spacial score (nSPS) is 13.9. The number of allylic oxidation sites excluding steroid dienone is 1. The SMILES string of the molecule is CO[C@H](c1ccccc1)[C@@H](N=C/C=C/c1ccccc1)c1ccccc1. The lowest BCUT2D eigenvalue weighted by Gasteiger charge is -2.23. The minimum Gasteiger partial charge on any atom is -0.374 e. The molecule has 2 nitrogen and oxygen atoms in total. The van der Waals surface area contributed by atoms with E-state index in [0.717, 1.165) is 16.7 Å². The number of hydrogen-bond acceptors (Lipinski definition) is 2. The Morgan fingerprint density at radius 1 is 0.731 bits per heavy atom. The van der Waals surface area contributed by atoms with Crippen LogP contribution in [0.2, 0.25) is 0 Å². The summed E-state index contributed by atoms with van der Waals surface area (Å²) in [6.45, 7) is 0. The van der Waals surface area contributed by atoms with Crippen molar-refractivity contribution in [3.05, 3.63) is 114 Å². The highest BCUT2D eigenvalue weighted by atomic mass is 16.5. The Kier molecular flexibility index (Phi) is 6.52. The summed E-state index contributed by atoms with van der Waals surface area (Å²) in [6, 6.07) is 30.6. The number of rotatable bonds is 7. The second kappa shape index (κ2) is 9.50. The highest BCUT2D eigenvalue weighted by molar-refractivity contribution is 5.78. The Balaban J connectivity index is 1.86. The van der Waals surface area contributed by atoms with Crippen molar-refractivity contribution < 1.29 is 4.74 Å². The summed E-state index contributed by atoms with van der Waals surface area (Å²) in [6.07, 6.45) is 5.75. The van der Waals surface area contributed by atoms with Crippen molar-refractivity contribution >= 4 is 12.3 Å². The van der Waals surface area contributed by atoms with Crippen LogP contribution in [0.3, 0.4) is 0 Å². The average molecular weight is 341 g/mol. The van der Waals surface area contributed by atoms with Gasteiger partial charge in [0.2, 0.25) is 0 Å². The fourth-order valence-electron chi connectivity index (χ4n) is 2.94. The average Bonchev–Trinajstić information content (AvgIpc) is 2.72. The lowest BCUT2D eigenvalue weighted by atomic mass is 9.96. The first kappa shape index (κ1) is 17.8. The summed E-state index contributed by atoms with van der Waals surface area (Å²) < 4.78 is 5.83. The van der Waals surface area contributed by atoms with E-state index in [1.165, 1.54) is 0 Å². The van der Waals surface area contributed by atoms with Crippen molar-refractivity contribution in [1.29, 1.82) is 0 Å². The van der Waals surface area contributed by atoms with Gasteiger partial charge in [0.15, 0.2) is 0 Å². The summed E-state index contributed by atoms with van der Waals surface area (Å²) in [5.74, 6) is 0. The van der Waals surface area contributed by atoms with E-state index in [9.17, 15) is 0 Å². The van der Waals surface area contributed by atoms with Crippen LogP contribution in [0.25, 0.3) is 6.08 Å². The zero-order chi connectivity index (χ0) is 18.0. The van der Waals surface area contributed by atoms with Crippen LogP contribution in [-0.2, 0) is 4.74 Å². The number of methoxy groups -OCH3 is 1. The molecule has 0 saturated carbocycles. The molecule has 3 rings (SSSR count). The fraction of sp³-hybridized carbons (Fsp3) is 0.125. The number of aliphatic imine (C=N–C) groups is 1. The largest absolute Gasteiger partial charge is 0.374 e. The predicted molar refractivity (Wildman–Crippen MR) is 109 cm³/mol. The van der Waals surface area contributed by atoms with E-state index in [1.54, 1.807) is 7.11 Å². The highest BCUT2D eigenvalue weighted by Crippen LogP contribution is 2.34. The molecule has 0 aliphatic rings. The topological polar surface area (TPSA) is 21.6 Å². The Morgan fingerprint density at radius 2 is 1.27 bits per heavy atom. The second-order valence-corrected chi connectivity index (χ2v) is 5.99. The number of ether oxygens (including phenoxy) is 1. The van der Waals surface area contributed by atoms with Crippen LogP contribution in [0, 0.1) is 0 Å². The number of hydrogen-bond donors (Lipinski definition) is 0. The molecule has 0 aliphatic heterocycles. The summed E-state index contributed by atoms with van der Waals surface area (Å²) >= 11 is 0. The Hall–Kier alpha value is -2.97. The van der Waals surface area contributed by atoms with Gasteiger partial charge >= 0.3 is 0 Å². The van der Waals surface area contributed by atoms with Crippen LogP contribution in [0.15, 0.2) is 102 Å². The molecule has 130 valence electrons. The van der Waals surface area contributed by atoms with Crippen molar-refractivity contribution in [2.45, 2.75) is 12.1 Å². The molecule has 0 aliphatic carbocycles. The van der Waals surface area contributed by atoms with Crippen molar-refractivity contribution in [1.82, 2.24) is 0 Å². The van der Waals surface area contributed by atoms with Gasteiger partial charge in [-0.2, -0.15) is 0 Å². The molecule has 3 aromatic rings. The molecular weight excluding hydrogens is 318 g/mol. The van der Waals surface area contributed by atoms with Crippen LogP contribution in [0.4, 0.5) is 0 Å². The van der Waals surface area contributed by atoms with Gasteiger partial charge in [-0.1, -0.05) is 97.1 Å². The lowest BCUT2D eigenvalue weighted by molar-refractivity contribution is 0.0811.